The smallest absolute Gasteiger partial charge is 0.354 e. The zero-order chi connectivity index (χ0) is 12.9. The number of thioether (sulfide) groups is 1. The minimum absolute atomic E-state index is 0.326. The summed E-state index contributed by atoms with van der Waals surface area (Å²) in [5.74, 6) is -1.81. The molecule has 1 unspecified atom stereocenters. The Morgan fingerprint density at radius 1 is 1.47 bits per heavy atom. The molecule has 1 heterocycles. The van der Waals surface area contributed by atoms with Gasteiger partial charge < -0.3 is 10.6 Å². The topological polar surface area (TPSA) is 58.2 Å². The van der Waals surface area contributed by atoms with Crippen molar-refractivity contribution < 1.29 is 22.8 Å². The molecule has 1 aliphatic heterocycles. The third kappa shape index (κ3) is 5.81. The molecular weight excluding hydrogens is 257 g/mol. The van der Waals surface area contributed by atoms with Crippen molar-refractivity contribution in [1.82, 2.24) is 10.6 Å². The van der Waals surface area contributed by atoms with E-state index in [1.54, 1.807) is 0 Å². The number of hydrogen-bond acceptors (Lipinski definition) is 3. The Labute approximate surface area is 101 Å². The van der Waals surface area contributed by atoms with E-state index in [1.807, 2.05) is 0 Å². The summed E-state index contributed by atoms with van der Waals surface area (Å²) in [6.45, 7) is 0.544. The van der Waals surface area contributed by atoms with E-state index in [-0.39, 0.29) is 5.91 Å². The predicted octanol–water partition coefficient (Wildman–Crippen LogP) is 1.02. The van der Waals surface area contributed by atoms with Crippen LogP contribution in [-0.4, -0.2) is 35.7 Å². The number of rotatable bonds is 3. The van der Waals surface area contributed by atoms with Crippen LogP contribution >= 0.6 is 11.8 Å². The van der Waals surface area contributed by atoms with Crippen LogP contribution in [0.1, 0.15) is 19.3 Å². The second-order valence-electron chi connectivity index (χ2n) is 3.64. The Balaban J connectivity index is 2.36. The zero-order valence-corrected chi connectivity index (χ0v) is 9.79. The normalized spacial score (nSPS) is 21.6. The molecule has 1 atom stereocenters. The number of nitrogens with one attached hydrogen (secondary N) is 2. The summed E-state index contributed by atoms with van der Waals surface area (Å²) in [6.07, 6.45) is 2.04. The van der Waals surface area contributed by atoms with Gasteiger partial charge in [0, 0.05) is 6.54 Å². The van der Waals surface area contributed by atoms with E-state index >= 15 is 0 Å². The summed E-state index contributed by atoms with van der Waals surface area (Å²) in [4.78, 5) is 22.6. The molecule has 0 aromatic rings. The summed E-state index contributed by atoms with van der Waals surface area (Å²) in [7, 11) is 0. The van der Waals surface area contributed by atoms with Crippen molar-refractivity contribution in [3.8, 4) is 0 Å². The van der Waals surface area contributed by atoms with Crippen LogP contribution in [0.15, 0.2) is 0 Å². The largest absolute Gasteiger partial charge is 0.442 e. The van der Waals surface area contributed by atoms with Gasteiger partial charge in [-0.25, -0.2) is 0 Å². The van der Waals surface area contributed by atoms with Gasteiger partial charge >= 0.3 is 5.51 Å². The third-order valence-electron chi connectivity index (χ3n) is 2.24. The molecule has 0 spiro atoms. The molecule has 0 aromatic heterocycles. The third-order valence-corrected chi connectivity index (χ3v) is 2.97. The lowest BCUT2D eigenvalue weighted by molar-refractivity contribution is -0.127. The SMILES string of the molecule is O=C(CSC(F)(F)F)NC1CCCCNC1=O. The molecule has 1 aliphatic rings. The van der Waals surface area contributed by atoms with E-state index < -0.39 is 35.0 Å². The molecule has 17 heavy (non-hydrogen) atoms. The van der Waals surface area contributed by atoms with Crippen molar-refractivity contribution in [1.29, 1.82) is 0 Å². The second-order valence-corrected chi connectivity index (χ2v) is 4.68. The van der Waals surface area contributed by atoms with E-state index in [4.69, 9.17) is 0 Å². The van der Waals surface area contributed by atoms with Crippen LogP contribution in [0.4, 0.5) is 13.2 Å². The Bertz CT molecular complexity index is 296. The number of amides is 2. The lowest BCUT2D eigenvalue weighted by atomic mass is 10.1. The first-order valence-electron chi connectivity index (χ1n) is 5.16. The minimum atomic E-state index is -4.43. The molecule has 0 aliphatic carbocycles. The fourth-order valence-corrected chi connectivity index (χ4v) is 1.84. The molecule has 2 amide bonds. The first-order valence-corrected chi connectivity index (χ1v) is 6.15. The average molecular weight is 270 g/mol. The molecule has 1 fully saturated rings. The molecule has 0 saturated carbocycles. The lowest BCUT2D eigenvalue weighted by Crippen LogP contribution is -2.46. The summed E-state index contributed by atoms with van der Waals surface area (Å²) >= 11 is -0.407. The molecule has 0 bridgehead atoms. The van der Waals surface area contributed by atoms with Crippen molar-refractivity contribution >= 4 is 23.6 Å². The van der Waals surface area contributed by atoms with Gasteiger partial charge in [0.25, 0.3) is 0 Å². The van der Waals surface area contributed by atoms with Gasteiger partial charge in [-0.1, -0.05) is 0 Å². The standard InChI is InChI=1S/C9H13F3N2O2S/c10-9(11,12)17-5-7(15)14-6-3-1-2-4-13-8(6)16/h6H,1-5H2,(H,13,16)(H,14,15). The van der Waals surface area contributed by atoms with Gasteiger partial charge in [-0.2, -0.15) is 13.2 Å². The van der Waals surface area contributed by atoms with Gasteiger partial charge in [-0.3, -0.25) is 9.59 Å². The van der Waals surface area contributed by atoms with Gasteiger partial charge in [0.15, 0.2) is 0 Å². The molecule has 0 radical (unpaired) electrons. The fourth-order valence-electron chi connectivity index (χ4n) is 1.46. The highest BCUT2D eigenvalue weighted by molar-refractivity contribution is 8.00. The van der Waals surface area contributed by atoms with Crippen LogP contribution in [0.25, 0.3) is 0 Å². The summed E-state index contributed by atoms with van der Waals surface area (Å²) < 4.78 is 35.5. The molecule has 1 rings (SSSR count). The summed E-state index contributed by atoms with van der Waals surface area (Å²) in [5.41, 5.74) is -4.43. The predicted molar refractivity (Wildman–Crippen MR) is 57.3 cm³/mol. The summed E-state index contributed by atoms with van der Waals surface area (Å²) in [6, 6.07) is -0.709. The van der Waals surface area contributed by atoms with E-state index in [9.17, 15) is 22.8 Å². The van der Waals surface area contributed by atoms with Gasteiger partial charge in [0.05, 0.1) is 5.75 Å². The first kappa shape index (κ1) is 14.1. The van der Waals surface area contributed by atoms with Crippen LogP contribution < -0.4 is 10.6 Å². The Hall–Kier alpha value is -0.920. The van der Waals surface area contributed by atoms with Crippen molar-refractivity contribution in [2.24, 2.45) is 0 Å². The number of halogens is 3. The molecule has 1 saturated heterocycles. The maximum Gasteiger partial charge on any atom is 0.442 e. The first-order chi connectivity index (χ1) is 7.88. The molecule has 4 nitrogen and oxygen atoms in total. The van der Waals surface area contributed by atoms with E-state index in [1.165, 1.54) is 0 Å². The number of carbonyl (C=O) groups excluding carboxylic acids is 2. The van der Waals surface area contributed by atoms with Crippen LogP contribution in [0.5, 0.6) is 0 Å². The van der Waals surface area contributed by atoms with Gasteiger partial charge in [0.2, 0.25) is 11.8 Å². The molecule has 8 heteroatoms. The molecule has 2 N–H and O–H groups in total. The lowest BCUT2D eigenvalue weighted by Gasteiger charge is -2.15. The van der Waals surface area contributed by atoms with Gasteiger partial charge in [-0.15, -0.1) is 0 Å². The number of carbonyl (C=O) groups is 2. The quantitative estimate of drug-likeness (QED) is 0.805. The molecular formula is C9H13F3N2O2S. The van der Waals surface area contributed by atoms with Crippen molar-refractivity contribution in [2.45, 2.75) is 30.8 Å². The fraction of sp³-hybridized carbons (Fsp3) is 0.778. The average Bonchev–Trinajstić information content (AvgIpc) is 2.41. The van der Waals surface area contributed by atoms with Gasteiger partial charge in [-0.05, 0) is 31.0 Å². The zero-order valence-electron chi connectivity index (χ0n) is 8.97. The monoisotopic (exact) mass is 270 g/mol. The Morgan fingerprint density at radius 3 is 2.82 bits per heavy atom. The Morgan fingerprint density at radius 2 is 2.18 bits per heavy atom. The van der Waals surface area contributed by atoms with Crippen molar-refractivity contribution in [3.05, 3.63) is 0 Å². The molecule has 98 valence electrons. The van der Waals surface area contributed by atoms with E-state index in [2.05, 4.69) is 10.6 Å². The number of alkyl halides is 3. The number of hydrogen-bond donors (Lipinski definition) is 2. The van der Waals surface area contributed by atoms with Gasteiger partial charge in [0.1, 0.15) is 6.04 Å². The summed E-state index contributed by atoms with van der Waals surface area (Å²) in [5, 5.41) is 4.90. The minimum Gasteiger partial charge on any atom is -0.354 e. The molecule has 0 aromatic carbocycles. The van der Waals surface area contributed by atoms with Crippen molar-refractivity contribution in [2.75, 3.05) is 12.3 Å². The highest BCUT2D eigenvalue weighted by atomic mass is 32.2. The van der Waals surface area contributed by atoms with Crippen LogP contribution in [-0.2, 0) is 9.59 Å². The maximum absolute atomic E-state index is 11.8. The second kappa shape index (κ2) is 6.13. The Kier molecular flexibility index (Phi) is 5.10. The highest BCUT2D eigenvalue weighted by Gasteiger charge is 2.30. The van der Waals surface area contributed by atoms with E-state index in [0.717, 1.165) is 12.8 Å². The maximum atomic E-state index is 11.8. The van der Waals surface area contributed by atoms with E-state index in [0.29, 0.717) is 13.0 Å². The highest BCUT2D eigenvalue weighted by Crippen LogP contribution is 2.29. The van der Waals surface area contributed by atoms with Crippen LogP contribution in [0, 0.1) is 0 Å². The van der Waals surface area contributed by atoms with Crippen molar-refractivity contribution in [3.63, 3.8) is 0 Å². The van der Waals surface area contributed by atoms with Crippen LogP contribution in [0.3, 0.4) is 0 Å². The van der Waals surface area contributed by atoms with Crippen LogP contribution in [0.2, 0.25) is 0 Å².